The number of nitrogens with zero attached hydrogens (tertiary/aromatic N) is 3. The predicted molar refractivity (Wildman–Crippen MR) is 86.3 cm³/mol. The van der Waals surface area contributed by atoms with Crippen LogP contribution in [0.15, 0.2) is 49.1 Å². The van der Waals surface area contributed by atoms with Crippen LogP contribution < -0.4 is 5.73 Å². The number of para-hydroxylation sites is 1. The van der Waals surface area contributed by atoms with Gasteiger partial charge in [-0.05, 0) is 12.1 Å². The van der Waals surface area contributed by atoms with Gasteiger partial charge in [0.25, 0.3) is 0 Å². The zero-order valence-electron chi connectivity index (χ0n) is 10.9. The van der Waals surface area contributed by atoms with Crippen molar-refractivity contribution in [3.63, 3.8) is 0 Å². The molecule has 0 spiro atoms. The molecule has 0 saturated heterocycles. The fourth-order valence-electron chi connectivity index (χ4n) is 2.43. The lowest BCUT2D eigenvalue weighted by Gasteiger charge is -2.03. The predicted octanol–water partition coefficient (Wildman–Crippen LogP) is 3.18. The molecule has 0 saturated carbocycles. The van der Waals surface area contributed by atoms with E-state index >= 15 is 0 Å². The maximum atomic E-state index is 5.96. The standard InChI is InChI=1S/C15H11N5.ClH/c16-14-13-11(7-18-15(13)20-8-19-14)10-5-9-3-1-2-4-12(9)17-6-10;/h1-8H,(H3,16,18,19,20);1H. The van der Waals surface area contributed by atoms with Gasteiger partial charge in [-0.25, -0.2) is 9.97 Å². The summed E-state index contributed by atoms with van der Waals surface area (Å²) in [5.74, 6) is 0.472. The van der Waals surface area contributed by atoms with Gasteiger partial charge in [-0.2, -0.15) is 0 Å². The second-order valence-electron chi connectivity index (χ2n) is 4.60. The number of H-pyrrole nitrogens is 1. The lowest BCUT2D eigenvalue weighted by atomic mass is 10.1. The maximum Gasteiger partial charge on any atom is 0.143 e. The molecule has 3 heterocycles. The van der Waals surface area contributed by atoms with E-state index in [1.165, 1.54) is 6.33 Å². The first-order valence-corrected chi connectivity index (χ1v) is 6.25. The van der Waals surface area contributed by atoms with E-state index < -0.39 is 0 Å². The molecule has 0 aliphatic rings. The highest BCUT2D eigenvalue weighted by atomic mass is 35.5. The first kappa shape index (κ1) is 13.3. The minimum atomic E-state index is 0. The number of hydrogen-bond acceptors (Lipinski definition) is 4. The van der Waals surface area contributed by atoms with Gasteiger partial charge in [-0.15, -0.1) is 12.4 Å². The summed E-state index contributed by atoms with van der Waals surface area (Å²) in [7, 11) is 0. The van der Waals surface area contributed by atoms with Crippen LogP contribution in [0.5, 0.6) is 0 Å². The van der Waals surface area contributed by atoms with E-state index in [0.29, 0.717) is 5.82 Å². The van der Waals surface area contributed by atoms with Crippen molar-refractivity contribution in [3.8, 4) is 11.1 Å². The van der Waals surface area contributed by atoms with Crippen molar-refractivity contribution in [1.29, 1.82) is 0 Å². The normalized spacial score (nSPS) is 10.7. The van der Waals surface area contributed by atoms with Crippen molar-refractivity contribution in [2.75, 3.05) is 5.73 Å². The number of anilines is 1. The van der Waals surface area contributed by atoms with Gasteiger partial charge < -0.3 is 10.7 Å². The van der Waals surface area contributed by atoms with Gasteiger partial charge in [-0.3, -0.25) is 4.98 Å². The number of halogens is 1. The molecule has 0 amide bonds. The molecular formula is C15H12ClN5. The quantitative estimate of drug-likeness (QED) is 0.565. The molecule has 0 bridgehead atoms. The molecule has 0 unspecified atom stereocenters. The number of fused-ring (bicyclic) bond motifs is 2. The Morgan fingerprint density at radius 1 is 1.05 bits per heavy atom. The lowest BCUT2D eigenvalue weighted by Crippen LogP contribution is -1.92. The van der Waals surface area contributed by atoms with Crippen molar-refractivity contribution < 1.29 is 0 Å². The highest BCUT2D eigenvalue weighted by Crippen LogP contribution is 2.31. The number of aromatic amines is 1. The monoisotopic (exact) mass is 297 g/mol. The fraction of sp³-hybridized carbons (Fsp3) is 0. The molecule has 0 radical (unpaired) electrons. The molecule has 0 aliphatic heterocycles. The third-order valence-electron chi connectivity index (χ3n) is 3.40. The van der Waals surface area contributed by atoms with Crippen LogP contribution in [0.1, 0.15) is 0 Å². The molecule has 104 valence electrons. The average molecular weight is 298 g/mol. The number of hydrogen-bond donors (Lipinski definition) is 2. The number of benzene rings is 1. The van der Waals surface area contributed by atoms with Crippen LogP contribution in [-0.4, -0.2) is 19.9 Å². The smallest absolute Gasteiger partial charge is 0.143 e. The minimum absolute atomic E-state index is 0. The van der Waals surface area contributed by atoms with Gasteiger partial charge >= 0.3 is 0 Å². The van der Waals surface area contributed by atoms with E-state index in [-0.39, 0.29) is 12.4 Å². The molecule has 4 aromatic rings. The Morgan fingerprint density at radius 3 is 2.81 bits per heavy atom. The number of nitrogen functional groups attached to an aromatic ring is 1. The van der Waals surface area contributed by atoms with Crippen LogP contribution >= 0.6 is 12.4 Å². The Bertz CT molecular complexity index is 932. The summed E-state index contributed by atoms with van der Waals surface area (Å²) in [5.41, 5.74) is 9.63. The third-order valence-corrected chi connectivity index (χ3v) is 3.40. The Hall–Kier alpha value is -2.66. The van der Waals surface area contributed by atoms with Crippen LogP contribution in [-0.2, 0) is 0 Å². The minimum Gasteiger partial charge on any atom is -0.383 e. The van der Waals surface area contributed by atoms with Gasteiger partial charge in [0.1, 0.15) is 17.8 Å². The molecular weight excluding hydrogens is 286 g/mol. The van der Waals surface area contributed by atoms with Crippen LogP contribution in [0.25, 0.3) is 33.1 Å². The number of rotatable bonds is 1. The highest BCUT2D eigenvalue weighted by Gasteiger charge is 2.11. The molecule has 3 aromatic heterocycles. The lowest BCUT2D eigenvalue weighted by molar-refractivity contribution is 1.21. The summed E-state index contributed by atoms with van der Waals surface area (Å²) < 4.78 is 0. The zero-order valence-corrected chi connectivity index (χ0v) is 11.8. The first-order chi connectivity index (χ1) is 9.83. The van der Waals surface area contributed by atoms with Gasteiger partial charge in [0.15, 0.2) is 0 Å². The van der Waals surface area contributed by atoms with E-state index in [4.69, 9.17) is 5.73 Å². The number of aromatic nitrogens is 4. The molecule has 0 aliphatic carbocycles. The van der Waals surface area contributed by atoms with E-state index in [9.17, 15) is 0 Å². The average Bonchev–Trinajstić information content (AvgIpc) is 2.92. The molecule has 5 nitrogen and oxygen atoms in total. The van der Waals surface area contributed by atoms with Crippen LogP contribution in [0.4, 0.5) is 5.82 Å². The Labute approximate surface area is 126 Å². The topological polar surface area (TPSA) is 80.5 Å². The summed E-state index contributed by atoms with van der Waals surface area (Å²) in [5, 5.41) is 1.93. The third kappa shape index (κ3) is 2.08. The van der Waals surface area contributed by atoms with Crippen LogP contribution in [0, 0.1) is 0 Å². The first-order valence-electron chi connectivity index (χ1n) is 6.25. The van der Waals surface area contributed by atoms with E-state index in [0.717, 1.165) is 33.1 Å². The molecule has 3 N–H and O–H groups in total. The van der Waals surface area contributed by atoms with E-state index in [1.807, 2.05) is 36.7 Å². The van der Waals surface area contributed by atoms with Crippen LogP contribution in [0.2, 0.25) is 0 Å². The molecule has 1 aromatic carbocycles. The summed E-state index contributed by atoms with van der Waals surface area (Å²) >= 11 is 0. The zero-order chi connectivity index (χ0) is 13.5. The Morgan fingerprint density at radius 2 is 1.90 bits per heavy atom. The highest BCUT2D eigenvalue weighted by molar-refractivity contribution is 6.01. The van der Waals surface area contributed by atoms with Gasteiger partial charge in [0.2, 0.25) is 0 Å². The van der Waals surface area contributed by atoms with Gasteiger partial charge in [-0.1, -0.05) is 18.2 Å². The van der Waals surface area contributed by atoms with Gasteiger partial charge in [0.05, 0.1) is 10.9 Å². The fourth-order valence-corrected chi connectivity index (χ4v) is 2.43. The number of nitrogens with one attached hydrogen (secondary N) is 1. The molecule has 4 rings (SSSR count). The second-order valence-corrected chi connectivity index (χ2v) is 4.60. The molecule has 0 fully saturated rings. The van der Waals surface area contributed by atoms with Gasteiger partial charge in [0, 0.05) is 28.9 Å². The number of pyridine rings is 1. The summed E-state index contributed by atoms with van der Waals surface area (Å²) in [6.45, 7) is 0. The molecule has 6 heteroatoms. The second kappa shape index (κ2) is 5.03. The SMILES string of the molecule is Cl.Nc1ncnc2[nH]cc(-c3cnc4ccccc4c3)c12. The largest absolute Gasteiger partial charge is 0.383 e. The van der Waals surface area contributed by atoms with Crippen LogP contribution in [0.3, 0.4) is 0 Å². The molecule has 0 atom stereocenters. The Kier molecular flexibility index (Phi) is 3.19. The summed E-state index contributed by atoms with van der Waals surface area (Å²) in [4.78, 5) is 15.8. The van der Waals surface area contributed by atoms with Crippen molar-refractivity contribution in [2.24, 2.45) is 0 Å². The van der Waals surface area contributed by atoms with E-state index in [2.05, 4.69) is 26.0 Å². The van der Waals surface area contributed by atoms with Crippen molar-refractivity contribution >= 4 is 40.2 Å². The summed E-state index contributed by atoms with van der Waals surface area (Å²) in [6.07, 6.45) is 5.19. The number of nitrogens with two attached hydrogens (primary N) is 1. The molecule has 21 heavy (non-hydrogen) atoms. The Balaban J connectivity index is 0.00000132. The van der Waals surface area contributed by atoms with Crippen molar-refractivity contribution in [3.05, 3.63) is 49.1 Å². The van der Waals surface area contributed by atoms with Crippen molar-refractivity contribution in [2.45, 2.75) is 0 Å². The van der Waals surface area contributed by atoms with E-state index in [1.54, 1.807) is 0 Å². The maximum absolute atomic E-state index is 5.96. The summed E-state index contributed by atoms with van der Waals surface area (Å²) in [6, 6.07) is 10.1. The van der Waals surface area contributed by atoms with Crippen molar-refractivity contribution in [1.82, 2.24) is 19.9 Å².